The number of carbonyl (C=O) groups excluding carboxylic acids is 3. The second kappa shape index (κ2) is 7.77. The standard InChI is InChI=1S/C19H20N4O3/c1-13(14-8-10-20-11-9-14)21-17(24)6-7-19(26)23-12-18(25)22-15-4-2-3-5-16(15)23/h2-5,8-11,13H,6-7,12H2,1H3,(H,21,24)(H,22,25). The van der Waals surface area contributed by atoms with Gasteiger partial charge in [-0.3, -0.25) is 19.4 Å². The molecule has 3 rings (SSSR count). The molecule has 0 spiro atoms. The number of pyridine rings is 1. The number of amides is 3. The van der Waals surface area contributed by atoms with Crippen molar-refractivity contribution in [2.45, 2.75) is 25.8 Å². The predicted octanol–water partition coefficient (Wildman–Crippen LogP) is 2.02. The van der Waals surface area contributed by atoms with Crippen LogP contribution in [0.3, 0.4) is 0 Å². The highest BCUT2D eigenvalue weighted by atomic mass is 16.2. The van der Waals surface area contributed by atoms with Crippen LogP contribution in [0.1, 0.15) is 31.4 Å². The van der Waals surface area contributed by atoms with Crippen LogP contribution >= 0.6 is 0 Å². The Bertz CT molecular complexity index is 823. The highest BCUT2D eigenvalue weighted by Gasteiger charge is 2.26. The molecule has 0 bridgehead atoms. The number of hydrogen-bond acceptors (Lipinski definition) is 4. The molecule has 0 radical (unpaired) electrons. The highest BCUT2D eigenvalue weighted by molar-refractivity contribution is 6.10. The summed E-state index contributed by atoms with van der Waals surface area (Å²) in [6.07, 6.45) is 3.44. The summed E-state index contributed by atoms with van der Waals surface area (Å²) in [5.74, 6) is -0.704. The number of anilines is 2. The molecule has 3 amide bonds. The maximum atomic E-state index is 12.5. The van der Waals surface area contributed by atoms with Crippen LogP contribution in [0.15, 0.2) is 48.8 Å². The van der Waals surface area contributed by atoms with Crippen LogP contribution in [0.2, 0.25) is 0 Å². The molecule has 1 aliphatic rings. The van der Waals surface area contributed by atoms with Crippen molar-refractivity contribution in [1.29, 1.82) is 0 Å². The van der Waals surface area contributed by atoms with Gasteiger partial charge in [-0.1, -0.05) is 12.1 Å². The Kier molecular flexibility index (Phi) is 5.26. The van der Waals surface area contributed by atoms with E-state index in [1.165, 1.54) is 4.90 Å². The first kappa shape index (κ1) is 17.6. The average Bonchev–Trinajstić information content (AvgIpc) is 2.66. The van der Waals surface area contributed by atoms with Crippen LogP contribution < -0.4 is 15.5 Å². The van der Waals surface area contributed by atoms with E-state index in [4.69, 9.17) is 0 Å². The summed E-state index contributed by atoms with van der Waals surface area (Å²) in [7, 11) is 0. The SMILES string of the molecule is CC(NC(=O)CCC(=O)N1CC(=O)Nc2ccccc21)c1ccncc1. The van der Waals surface area contributed by atoms with E-state index in [-0.39, 0.29) is 43.1 Å². The lowest BCUT2D eigenvalue weighted by Crippen LogP contribution is -2.42. The van der Waals surface area contributed by atoms with E-state index in [0.717, 1.165) is 5.56 Å². The molecule has 26 heavy (non-hydrogen) atoms. The molecular weight excluding hydrogens is 332 g/mol. The lowest BCUT2D eigenvalue weighted by Gasteiger charge is -2.29. The van der Waals surface area contributed by atoms with Crippen molar-refractivity contribution in [3.8, 4) is 0 Å². The van der Waals surface area contributed by atoms with Crippen LogP contribution in [-0.4, -0.2) is 29.3 Å². The van der Waals surface area contributed by atoms with Crippen molar-refractivity contribution >= 4 is 29.1 Å². The van der Waals surface area contributed by atoms with Crippen LogP contribution in [0.4, 0.5) is 11.4 Å². The Labute approximate surface area is 151 Å². The fourth-order valence-corrected chi connectivity index (χ4v) is 2.86. The average molecular weight is 352 g/mol. The summed E-state index contributed by atoms with van der Waals surface area (Å²) in [6, 6.07) is 10.6. The number of aromatic nitrogens is 1. The molecule has 1 aromatic carbocycles. The smallest absolute Gasteiger partial charge is 0.244 e. The van der Waals surface area contributed by atoms with Gasteiger partial charge in [-0.15, -0.1) is 0 Å². The van der Waals surface area contributed by atoms with Gasteiger partial charge in [0, 0.05) is 25.2 Å². The molecule has 7 heteroatoms. The molecule has 0 fully saturated rings. The molecule has 2 heterocycles. The topological polar surface area (TPSA) is 91.4 Å². The molecule has 0 saturated carbocycles. The first-order chi connectivity index (χ1) is 12.5. The maximum Gasteiger partial charge on any atom is 0.244 e. The third-order valence-electron chi connectivity index (χ3n) is 4.22. The van der Waals surface area contributed by atoms with Crippen molar-refractivity contribution in [3.05, 3.63) is 54.4 Å². The van der Waals surface area contributed by atoms with Gasteiger partial charge in [0.15, 0.2) is 0 Å². The second-order valence-electron chi connectivity index (χ2n) is 6.11. The predicted molar refractivity (Wildman–Crippen MR) is 97.5 cm³/mol. The number of nitrogens with one attached hydrogen (secondary N) is 2. The molecule has 2 aromatic rings. The Morgan fingerprint density at radius 3 is 2.69 bits per heavy atom. The minimum atomic E-state index is -0.251. The lowest BCUT2D eigenvalue weighted by atomic mass is 10.1. The van der Waals surface area contributed by atoms with Gasteiger partial charge in [0.2, 0.25) is 17.7 Å². The summed E-state index contributed by atoms with van der Waals surface area (Å²) in [6.45, 7) is 1.84. The minimum absolute atomic E-state index is 0.0368. The number of hydrogen-bond donors (Lipinski definition) is 2. The summed E-state index contributed by atoms with van der Waals surface area (Å²) < 4.78 is 0. The number of benzene rings is 1. The van der Waals surface area contributed by atoms with E-state index in [2.05, 4.69) is 15.6 Å². The molecule has 134 valence electrons. The van der Waals surface area contributed by atoms with Gasteiger partial charge in [0.05, 0.1) is 17.4 Å². The van der Waals surface area contributed by atoms with Crippen LogP contribution in [0.25, 0.3) is 0 Å². The molecule has 1 unspecified atom stereocenters. The molecule has 1 aliphatic heterocycles. The van der Waals surface area contributed by atoms with E-state index in [1.807, 2.05) is 19.1 Å². The van der Waals surface area contributed by atoms with Gasteiger partial charge in [0.1, 0.15) is 6.54 Å². The molecule has 0 aliphatic carbocycles. The summed E-state index contributed by atoms with van der Waals surface area (Å²) in [5.41, 5.74) is 2.21. The molecular formula is C19H20N4O3. The van der Waals surface area contributed by atoms with Crippen LogP contribution in [0, 0.1) is 0 Å². The number of rotatable bonds is 5. The normalized spacial score (nSPS) is 14.2. The Morgan fingerprint density at radius 1 is 1.19 bits per heavy atom. The van der Waals surface area contributed by atoms with E-state index < -0.39 is 0 Å². The zero-order valence-corrected chi connectivity index (χ0v) is 14.4. The quantitative estimate of drug-likeness (QED) is 0.861. The van der Waals surface area contributed by atoms with Crippen molar-refractivity contribution in [3.63, 3.8) is 0 Å². The Hall–Kier alpha value is -3.22. The molecule has 1 atom stereocenters. The second-order valence-corrected chi connectivity index (χ2v) is 6.11. The van der Waals surface area contributed by atoms with Gasteiger partial charge in [-0.2, -0.15) is 0 Å². The molecule has 0 saturated heterocycles. The maximum absolute atomic E-state index is 12.5. The Balaban J connectivity index is 1.57. The summed E-state index contributed by atoms with van der Waals surface area (Å²) in [4.78, 5) is 41.8. The number of nitrogens with zero attached hydrogens (tertiary/aromatic N) is 2. The van der Waals surface area contributed by atoms with E-state index >= 15 is 0 Å². The first-order valence-electron chi connectivity index (χ1n) is 8.43. The monoisotopic (exact) mass is 352 g/mol. The third kappa shape index (κ3) is 4.05. The van der Waals surface area contributed by atoms with E-state index in [1.54, 1.807) is 36.7 Å². The van der Waals surface area contributed by atoms with Crippen molar-refractivity contribution in [1.82, 2.24) is 10.3 Å². The molecule has 2 N–H and O–H groups in total. The summed E-state index contributed by atoms with van der Waals surface area (Å²) in [5, 5.41) is 5.60. The fraction of sp³-hybridized carbons (Fsp3) is 0.263. The Morgan fingerprint density at radius 2 is 1.92 bits per heavy atom. The summed E-state index contributed by atoms with van der Waals surface area (Å²) >= 11 is 0. The van der Waals surface area contributed by atoms with Gasteiger partial charge < -0.3 is 15.5 Å². The number of carbonyl (C=O) groups is 3. The number of fused-ring (bicyclic) bond motifs is 1. The fourth-order valence-electron chi connectivity index (χ4n) is 2.86. The van der Waals surface area contributed by atoms with Crippen LogP contribution in [0.5, 0.6) is 0 Å². The zero-order chi connectivity index (χ0) is 18.5. The van der Waals surface area contributed by atoms with E-state index in [9.17, 15) is 14.4 Å². The largest absolute Gasteiger partial charge is 0.350 e. The van der Waals surface area contributed by atoms with E-state index in [0.29, 0.717) is 11.4 Å². The van der Waals surface area contributed by atoms with Crippen LogP contribution in [-0.2, 0) is 14.4 Å². The van der Waals surface area contributed by atoms with Crippen molar-refractivity contribution in [2.24, 2.45) is 0 Å². The van der Waals surface area contributed by atoms with Gasteiger partial charge >= 0.3 is 0 Å². The third-order valence-corrected chi connectivity index (χ3v) is 4.22. The molecule has 7 nitrogen and oxygen atoms in total. The highest BCUT2D eigenvalue weighted by Crippen LogP contribution is 2.29. The lowest BCUT2D eigenvalue weighted by molar-refractivity contribution is -0.126. The van der Waals surface area contributed by atoms with Crippen molar-refractivity contribution < 1.29 is 14.4 Å². The number of para-hydroxylation sites is 2. The van der Waals surface area contributed by atoms with Crippen molar-refractivity contribution in [2.75, 3.05) is 16.8 Å². The first-order valence-corrected chi connectivity index (χ1v) is 8.43. The van der Waals surface area contributed by atoms with Gasteiger partial charge in [0.25, 0.3) is 0 Å². The van der Waals surface area contributed by atoms with Gasteiger partial charge in [-0.25, -0.2) is 0 Å². The minimum Gasteiger partial charge on any atom is -0.350 e. The molecule has 1 aromatic heterocycles. The van der Waals surface area contributed by atoms with Gasteiger partial charge in [-0.05, 0) is 36.8 Å². The zero-order valence-electron chi connectivity index (χ0n) is 14.4.